The molecule has 0 bridgehead atoms. The summed E-state index contributed by atoms with van der Waals surface area (Å²) >= 11 is 0. The Morgan fingerprint density at radius 3 is 2.57 bits per heavy atom. The van der Waals surface area contributed by atoms with Gasteiger partial charge in [-0.1, -0.05) is 12.8 Å². The van der Waals surface area contributed by atoms with Crippen molar-refractivity contribution in [2.24, 2.45) is 0 Å². The van der Waals surface area contributed by atoms with Gasteiger partial charge in [-0.05, 0) is 45.0 Å². The molecule has 1 heterocycles. The van der Waals surface area contributed by atoms with Gasteiger partial charge >= 0.3 is 0 Å². The van der Waals surface area contributed by atoms with Gasteiger partial charge in [0.2, 0.25) is 5.91 Å². The van der Waals surface area contributed by atoms with Crippen molar-refractivity contribution in [2.75, 3.05) is 31.2 Å². The van der Waals surface area contributed by atoms with Crippen molar-refractivity contribution in [3.05, 3.63) is 18.2 Å². The van der Waals surface area contributed by atoms with Gasteiger partial charge in [-0.25, -0.2) is 0 Å². The number of rotatable bonds is 4. The first kappa shape index (κ1) is 15.6. The molecular weight excluding hydrogens is 266 g/mol. The number of nitrogens with one attached hydrogen (secondary N) is 1. The van der Waals surface area contributed by atoms with Crippen molar-refractivity contribution >= 4 is 17.3 Å². The van der Waals surface area contributed by atoms with Crippen LogP contribution in [0.4, 0.5) is 11.4 Å². The Hall–Kier alpha value is -1.75. The monoisotopic (exact) mass is 291 g/mol. The summed E-state index contributed by atoms with van der Waals surface area (Å²) in [6, 6.07) is 5.13. The van der Waals surface area contributed by atoms with Crippen LogP contribution in [-0.2, 0) is 4.79 Å². The highest BCUT2D eigenvalue weighted by Crippen LogP contribution is 2.25. The van der Waals surface area contributed by atoms with Gasteiger partial charge in [0, 0.05) is 6.07 Å². The fourth-order valence-electron chi connectivity index (χ4n) is 2.66. The van der Waals surface area contributed by atoms with Crippen LogP contribution in [0.5, 0.6) is 5.75 Å². The van der Waals surface area contributed by atoms with Crippen LogP contribution >= 0.6 is 0 Å². The lowest BCUT2D eigenvalue weighted by Crippen LogP contribution is -2.42. The lowest BCUT2D eigenvalue weighted by atomic mass is 10.2. The van der Waals surface area contributed by atoms with Crippen LogP contribution in [0.15, 0.2) is 18.2 Å². The number of hydrogen-bond acceptors (Lipinski definition) is 4. The first-order valence-corrected chi connectivity index (χ1v) is 7.60. The minimum absolute atomic E-state index is 0.0168. The van der Waals surface area contributed by atoms with E-state index < -0.39 is 0 Å². The van der Waals surface area contributed by atoms with Crippen molar-refractivity contribution < 1.29 is 9.53 Å². The van der Waals surface area contributed by atoms with Gasteiger partial charge in [-0.3, -0.25) is 9.69 Å². The van der Waals surface area contributed by atoms with E-state index in [1.165, 1.54) is 25.7 Å². The quantitative estimate of drug-likeness (QED) is 0.836. The molecule has 0 aromatic heterocycles. The second-order valence-corrected chi connectivity index (χ2v) is 5.57. The van der Waals surface area contributed by atoms with E-state index in [1.54, 1.807) is 25.3 Å². The maximum Gasteiger partial charge on any atom is 0.241 e. The standard InChI is InChI=1S/C16H25N3O2/c1-12(19-9-5-3-4-6-10-19)16(20)18-15-11-13(21-2)7-8-14(15)17/h7-8,11-12H,3-6,9-10,17H2,1-2H3,(H,18,20). The molecule has 1 amide bonds. The highest BCUT2D eigenvalue weighted by Gasteiger charge is 2.22. The molecule has 2 rings (SSSR count). The maximum absolute atomic E-state index is 12.4. The molecule has 5 heteroatoms. The molecular formula is C16H25N3O2. The first-order valence-electron chi connectivity index (χ1n) is 7.60. The van der Waals surface area contributed by atoms with Gasteiger partial charge in [-0.2, -0.15) is 0 Å². The van der Waals surface area contributed by atoms with Crippen LogP contribution in [-0.4, -0.2) is 37.0 Å². The molecule has 0 spiro atoms. The van der Waals surface area contributed by atoms with Crippen LogP contribution in [0, 0.1) is 0 Å². The summed E-state index contributed by atoms with van der Waals surface area (Å²) in [7, 11) is 1.59. The number of carbonyl (C=O) groups excluding carboxylic acids is 1. The van der Waals surface area contributed by atoms with E-state index >= 15 is 0 Å². The van der Waals surface area contributed by atoms with Crippen molar-refractivity contribution in [3.8, 4) is 5.75 Å². The van der Waals surface area contributed by atoms with E-state index in [0.29, 0.717) is 17.1 Å². The Labute approximate surface area is 126 Å². The predicted octanol–water partition coefficient (Wildman–Crippen LogP) is 2.48. The Kier molecular flexibility index (Phi) is 5.44. The Morgan fingerprint density at radius 1 is 1.29 bits per heavy atom. The SMILES string of the molecule is COc1ccc(N)c(NC(=O)C(C)N2CCCCCC2)c1. The third-order valence-electron chi connectivity index (χ3n) is 4.09. The van der Waals surface area contributed by atoms with Crippen LogP contribution in [0.2, 0.25) is 0 Å². The number of carbonyl (C=O) groups is 1. The second kappa shape index (κ2) is 7.31. The minimum Gasteiger partial charge on any atom is -0.497 e. The zero-order valence-electron chi connectivity index (χ0n) is 12.9. The molecule has 1 aliphatic heterocycles. The topological polar surface area (TPSA) is 67.6 Å². The van der Waals surface area contributed by atoms with Gasteiger partial charge in [0.25, 0.3) is 0 Å². The molecule has 0 aliphatic carbocycles. The second-order valence-electron chi connectivity index (χ2n) is 5.57. The zero-order chi connectivity index (χ0) is 15.2. The van der Waals surface area contributed by atoms with Crippen LogP contribution < -0.4 is 15.8 Å². The van der Waals surface area contributed by atoms with E-state index in [1.807, 2.05) is 6.92 Å². The molecule has 0 saturated carbocycles. The molecule has 1 aliphatic rings. The summed E-state index contributed by atoms with van der Waals surface area (Å²) < 4.78 is 5.17. The number of nitrogens with zero attached hydrogens (tertiary/aromatic N) is 1. The number of anilines is 2. The fraction of sp³-hybridized carbons (Fsp3) is 0.562. The number of nitrogen functional groups attached to an aromatic ring is 1. The lowest BCUT2D eigenvalue weighted by molar-refractivity contribution is -0.120. The van der Waals surface area contributed by atoms with E-state index in [0.717, 1.165) is 13.1 Å². The molecule has 1 fully saturated rings. The summed E-state index contributed by atoms with van der Waals surface area (Å²) in [4.78, 5) is 14.7. The smallest absolute Gasteiger partial charge is 0.241 e. The molecule has 1 aromatic rings. The van der Waals surface area contributed by atoms with E-state index in [9.17, 15) is 4.79 Å². The molecule has 21 heavy (non-hydrogen) atoms. The predicted molar refractivity (Wildman–Crippen MR) is 85.5 cm³/mol. The van der Waals surface area contributed by atoms with Crippen molar-refractivity contribution in [1.29, 1.82) is 0 Å². The number of methoxy groups -OCH3 is 1. The third kappa shape index (κ3) is 4.11. The normalized spacial score (nSPS) is 17.8. The number of hydrogen-bond donors (Lipinski definition) is 2. The summed E-state index contributed by atoms with van der Waals surface area (Å²) in [6.07, 6.45) is 4.85. The number of benzene rings is 1. The van der Waals surface area contributed by atoms with Crippen molar-refractivity contribution in [2.45, 2.75) is 38.6 Å². The molecule has 1 saturated heterocycles. The number of nitrogens with two attached hydrogens (primary N) is 1. The van der Waals surface area contributed by atoms with Gasteiger partial charge < -0.3 is 15.8 Å². The molecule has 1 aromatic carbocycles. The van der Waals surface area contributed by atoms with Crippen LogP contribution in [0.25, 0.3) is 0 Å². The van der Waals surface area contributed by atoms with Crippen LogP contribution in [0.3, 0.4) is 0 Å². The summed E-state index contributed by atoms with van der Waals surface area (Å²) in [6.45, 7) is 3.93. The molecule has 0 radical (unpaired) electrons. The number of likely N-dealkylation sites (tertiary alicyclic amines) is 1. The average molecular weight is 291 g/mol. The largest absolute Gasteiger partial charge is 0.497 e. The molecule has 1 atom stereocenters. The Balaban J connectivity index is 2.02. The van der Waals surface area contributed by atoms with Crippen molar-refractivity contribution in [1.82, 2.24) is 4.90 Å². The van der Waals surface area contributed by atoms with Gasteiger partial charge in [-0.15, -0.1) is 0 Å². The van der Waals surface area contributed by atoms with Gasteiger partial charge in [0.15, 0.2) is 0 Å². The molecule has 5 nitrogen and oxygen atoms in total. The average Bonchev–Trinajstić information content (AvgIpc) is 2.77. The highest BCUT2D eigenvalue weighted by atomic mass is 16.5. The summed E-state index contributed by atoms with van der Waals surface area (Å²) in [5.74, 6) is 0.666. The zero-order valence-corrected chi connectivity index (χ0v) is 12.9. The van der Waals surface area contributed by atoms with E-state index in [4.69, 9.17) is 10.5 Å². The summed E-state index contributed by atoms with van der Waals surface area (Å²) in [5, 5.41) is 2.92. The maximum atomic E-state index is 12.4. The number of amides is 1. The fourth-order valence-corrected chi connectivity index (χ4v) is 2.66. The van der Waals surface area contributed by atoms with E-state index in [-0.39, 0.29) is 11.9 Å². The highest BCUT2D eigenvalue weighted by molar-refractivity contribution is 5.97. The Morgan fingerprint density at radius 2 is 1.95 bits per heavy atom. The van der Waals surface area contributed by atoms with Crippen LogP contribution in [0.1, 0.15) is 32.6 Å². The van der Waals surface area contributed by atoms with Crippen molar-refractivity contribution in [3.63, 3.8) is 0 Å². The first-order chi connectivity index (χ1) is 10.1. The summed E-state index contributed by atoms with van der Waals surface area (Å²) in [5.41, 5.74) is 7.07. The van der Waals surface area contributed by atoms with Gasteiger partial charge in [0.05, 0.1) is 24.5 Å². The van der Waals surface area contributed by atoms with E-state index in [2.05, 4.69) is 10.2 Å². The Bertz CT molecular complexity index is 482. The van der Waals surface area contributed by atoms with Gasteiger partial charge in [0.1, 0.15) is 5.75 Å². The third-order valence-corrected chi connectivity index (χ3v) is 4.09. The molecule has 116 valence electrons. The lowest BCUT2D eigenvalue weighted by Gasteiger charge is -2.26. The molecule has 3 N–H and O–H groups in total. The molecule has 1 unspecified atom stereocenters. The number of ether oxygens (including phenoxy) is 1. The minimum atomic E-state index is -0.145.